The van der Waals surface area contributed by atoms with E-state index in [-0.39, 0.29) is 17.6 Å². The van der Waals surface area contributed by atoms with Crippen LogP contribution >= 0.6 is 0 Å². The van der Waals surface area contributed by atoms with Crippen LogP contribution in [0, 0.1) is 6.92 Å². The monoisotopic (exact) mass is 272 g/mol. The minimum atomic E-state index is -0.229. The van der Waals surface area contributed by atoms with E-state index in [4.69, 9.17) is 5.73 Å². The Morgan fingerprint density at radius 3 is 2.70 bits per heavy atom. The predicted octanol–water partition coefficient (Wildman–Crippen LogP) is 2.05. The highest BCUT2D eigenvalue weighted by Gasteiger charge is 2.16. The van der Waals surface area contributed by atoms with Crippen LogP contribution in [0.1, 0.15) is 35.1 Å². The fraction of sp³-hybridized carbons (Fsp3) is 0.333. The summed E-state index contributed by atoms with van der Waals surface area (Å²) in [6.07, 6.45) is 1.80. The summed E-state index contributed by atoms with van der Waals surface area (Å²) in [7, 11) is 0. The molecule has 1 atom stereocenters. The highest BCUT2D eigenvalue weighted by atomic mass is 16.2. The molecule has 1 aromatic carbocycles. The lowest BCUT2D eigenvalue weighted by Crippen LogP contribution is -2.33. The van der Waals surface area contributed by atoms with Crippen LogP contribution in [-0.4, -0.2) is 22.1 Å². The largest absolute Gasteiger partial charge is 0.395 e. The predicted molar refractivity (Wildman–Crippen MR) is 79.4 cm³/mol. The molecule has 0 aliphatic carbocycles. The van der Waals surface area contributed by atoms with Crippen LogP contribution in [0.2, 0.25) is 0 Å². The first-order valence-electron chi connectivity index (χ1n) is 6.73. The van der Waals surface area contributed by atoms with E-state index in [0.717, 1.165) is 12.8 Å². The lowest BCUT2D eigenvalue weighted by Gasteiger charge is -2.13. The Hall–Kier alpha value is -2.30. The molecule has 0 spiro atoms. The van der Waals surface area contributed by atoms with Crippen LogP contribution < -0.4 is 11.1 Å². The first kappa shape index (κ1) is 14.1. The van der Waals surface area contributed by atoms with Gasteiger partial charge in [0.2, 0.25) is 0 Å². The maximum Gasteiger partial charge on any atom is 0.274 e. The van der Waals surface area contributed by atoms with Gasteiger partial charge in [0.05, 0.1) is 11.4 Å². The number of rotatable bonds is 5. The summed E-state index contributed by atoms with van der Waals surface area (Å²) in [5.41, 5.74) is 8.46. The van der Waals surface area contributed by atoms with E-state index < -0.39 is 0 Å². The first-order chi connectivity index (χ1) is 9.58. The molecule has 5 heteroatoms. The van der Waals surface area contributed by atoms with E-state index in [1.807, 2.05) is 25.1 Å². The Morgan fingerprint density at radius 1 is 1.40 bits per heavy atom. The third kappa shape index (κ3) is 3.38. The molecular weight excluding hydrogens is 252 g/mol. The molecule has 2 aromatic rings. The van der Waals surface area contributed by atoms with Crippen LogP contribution in [0.25, 0.3) is 0 Å². The van der Waals surface area contributed by atoms with Gasteiger partial charge in [-0.15, -0.1) is 0 Å². The zero-order valence-electron chi connectivity index (χ0n) is 11.8. The van der Waals surface area contributed by atoms with Crippen LogP contribution in [-0.2, 0) is 6.42 Å². The zero-order valence-corrected chi connectivity index (χ0v) is 11.8. The molecule has 0 radical (unpaired) electrons. The van der Waals surface area contributed by atoms with E-state index >= 15 is 0 Å². The van der Waals surface area contributed by atoms with Crippen molar-refractivity contribution < 1.29 is 4.79 Å². The fourth-order valence-corrected chi connectivity index (χ4v) is 2.00. The average molecular weight is 272 g/mol. The number of benzene rings is 1. The highest BCUT2D eigenvalue weighted by molar-refractivity contribution is 5.97. The quantitative estimate of drug-likeness (QED) is 0.779. The molecule has 106 valence electrons. The molecule has 0 aliphatic rings. The van der Waals surface area contributed by atoms with Crippen molar-refractivity contribution >= 4 is 11.6 Å². The number of aryl methyl sites for hydroxylation is 2. The van der Waals surface area contributed by atoms with Crippen molar-refractivity contribution in [2.75, 3.05) is 5.73 Å². The number of nitrogen functional groups attached to an aromatic ring is 1. The van der Waals surface area contributed by atoms with Crippen LogP contribution in [0.5, 0.6) is 0 Å². The van der Waals surface area contributed by atoms with E-state index in [9.17, 15) is 4.79 Å². The molecule has 1 amide bonds. The van der Waals surface area contributed by atoms with E-state index in [2.05, 4.69) is 27.6 Å². The standard InChI is InChI=1S/C15H20N4O/c1-10(8-9-12-6-4-3-5-7-12)17-15(20)14-13(16)11(2)18-19-14/h3-7,10H,8-9,16H2,1-2H3,(H,17,20)(H,18,19). The second-order valence-electron chi connectivity index (χ2n) is 5.01. The number of aromatic amines is 1. The fourth-order valence-electron chi connectivity index (χ4n) is 2.00. The summed E-state index contributed by atoms with van der Waals surface area (Å²) in [4.78, 5) is 12.0. The van der Waals surface area contributed by atoms with E-state index in [1.165, 1.54) is 5.56 Å². The summed E-state index contributed by atoms with van der Waals surface area (Å²) < 4.78 is 0. The van der Waals surface area contributed by atoms with Gasteiger partial charge in [-0.25, -0.2) is 0 Å². The van der Waals surface area contributed by atoms with Gasteiger partial charge in [-0.05, 0) is 32.3 Å². The lowest BCUT2D eigenvalue weighted by molar-refractivity contribution is 0.0934. The maximum absolute atomic E-state index is 12.0. The topological polar surface area (TPSA) is 83.8 Å². The van der Waals surface area contributed by atoms with Crippen molar-refractivity contribution in [3.05, 3.63) is 47.3 Å². The molecule has 0 fully saturated rings. The number of hydrogen-bond acceptors (Lipinski definition) is 3. The highest BCUT2D eigenvalue weighted by Crippen LogP contribution is 2.12. The third-order valence-corrected chi connectivity index (χ3v) is 3.30. The van der Waals surface area contributed by atoms with E-state index in [0.29, 0.717) is 11.4 Å². The summed E-state index contributed by atoms with van der Waals surface area (Å²) in [6.45, 7) is 3.77. The van der Waals surface area contributed by atoms with Gasteiger partial charge < -0.3 is 11.1 Å². The minimum absolute atomic E-state index is 0.0686. The molecule has 4 N–H and O–H groups in total. The molecule has 1 unspecified atom stereocenters. The number of H-pyrrole nitrogens is 1. The number of carbonyl (C=O) groups is 1. The second kappa shape index (κ2) is 6.23. The van der Waals surface area contributed by atoms with Crippen molar-refractivity contribution in [2.45, 2.75) is 32.7 Å². The number of anilines is 1. The number of amides is 1. The molecule has 0 bridgehead atoms. The van der Waals surface area contributed by atoms with Crippen molar-refractivity contribution in [1.82, 2.24) is 15.5 Å². The number of nitrogens with two attached hydrogens (primary N) is 1. The van der Waals surface area contributed by atoms with Gasteiger partial charge >= 0.3 is 0 Å². The number of nitrogens with zero attached hydrogens (tertiary/aromatic N) is 1. The molecule has 0 aliphatic heterocycles. The Morgan fingerprint density at radius 2 is 2.10 bits per heavy atom. The molecule has 20 heavy (non-hydrogen) atoms. The van der Waals surface area contributed by atoms with Gasteiger partial charge in [-0.1, -0.05) is 30.3 Å². The van der Waals surface area contributed by atoms with Crippen LogP contribution in [0.15, 0.2) is 30.3 Å². The van der Waals surface area contributed by atoms with Crippen LogP contribution in [0.4, 0.5) is 5.69 Å². The summed E-state index contributed by atoms with van der Waals surface area (Å²) in [6, 6.07) is 10.3. The van der Waals surface area contributed by atoms with Gasteiger partial charge in [0, 0.05) is 6.04 Å². The van der Waals surface area contributed by atoms with E-state index in [1.54, 1.807) is 6.92 Å². The SMILES string of the molecule is Cc1[nH]nc(C(=O)NC(C)CCc2ccccc2)c1N. The Balaban J connectivity index is 1.87. The van der Waals surface area contributed by atoms with Gasteiger partial charge in [0.25, 0.3) is 5.91 Å². The number of nitrogens with one attached hydrogen (secondary N) is 2. The summed E-state index contributed by atoms with van der Waals surface area (Å²) in [5.74, 6) is -0.229. The summed E-state index contributed by atoms with van der Waals surface area (Å²) >= 11 is 0. The van der Waals surface area contributed by atoms with Gasteiger partial charge in [-0.2, -0.15) is 5.10 Å². The van der Waals surface area contributed by atoms with Crippen LogP contribution in [0.3, 0.4) is 0 Å². The number of hydrogen-bond donors (Lipinski definition) is 3. The molecule has 1 heterocycles. The van der Waals surface area contributed by atoms with Crippen molar-refractivity contribution in [3.63, 3.8) is 0 Å². The zero-order chi connectivity index (χ0) is 14.5. The maximum atomic E-state index is 12.0. The van der Waals surface area contributed by atoms with Crippen molar-refractivity contribution in [3.8, 4) is 0 Å². The molecule has 1 aromatic heterocycles. The Kier molecular flexibility index (Phi) is 4.40. The lowest BCUT2D eigenvalue weighted by atomic mass is 10.1. The number of aromatic nitrogens is 2. The average Bonchev–Trinajstić information content (AvgIpc) is 2.78. The summed E-state index contributed by atoms with van der Waals surface area (Å²) in [5, 5.41) is 9.56. The molecule has 0 saturated heterocycles. The van der Waals surface area contributed by atoms with Gasteiger partial charge in [0.15, 0.2) is 5.69 Å². The molecule has 5 nitrogen and oxygen atoms in total. The first-order valence-corrected chi connectivity index (χ1v) is 6.73. The normalized spacial score (nSPS) is 12.1. The Bertz CT molecular complexity index is 577. The molecule has 0 saturated carbocycles. The van der Waals surface area contributed by atoms with Crippen molar-refractivity contribution in [1.29, 1.82) is 0 Å². The number of carbonyl (C=O) groups excluding carboxylic acids is 1. The third-order valence-electron chi connectivity index (χ3n) is 3.30. The van der Waals surface area contributed by atoms with Gasteiger partial charge in [0.1, 0.15) is 0 Å². The Labute approximate surface area is 118 Å². The van der Waals surface area contributed by atoms with Crippen molar-refractivity contribution in [2.24, 2.45) is 0 Å². The molecule has 2 rings (SSSR count). The van der Waals surface area contributed by atoms with Gasteiger partial charge in [-0.3, -0.25) is 9.89 Å². The smallest absolute Gasteiger partial charge is 0.274 e. The molecular formula is C15H20N4O. The second-order valence-corrected chi connectivity index (χ2v) is 5.01. The minimum Gasteiger partial charge on any atom is -0.395 e.